The van der Waals surface area contributed by atoms with E-state index in [1.54, 1.807) is 12.1 Å². The number of carbonyl (C=O) groups is 2. The first-order valence-corrected chi connectivity index (χ1v) is 10.3. The Bertz CT molecular complexity index is 1050. The van der Waals surface area contributed by atoms with Gasteiger partial charge in [0.2, 0.25) is 5.91 Å². The van der Waals surface area contributed by atoms with Crippen LogP contribution in [0.15, 0.2) is 72.8 Å². The molecule has 3 N–H and O–H groups in total. The number of hydrogen-bond donors (Lipinski definition) is 3. The standard InChI is InChI=1S/C26H29N3O2/c1-18-9-15-21(16-10-18)28-22-7-5-6-8-23(22)29-24(30)17-27-25(31)19-11-13-20(14-12-19)26(2,3)4/h5-16,28H,17H2,1-4H3,(H,27,31)(H,29,30). The van der Waals surface area contributed by atoms with Crippen molar-refractivity contribution in [2.45, 2.75) is 33.1 Å². The summed E-state index contributed by atoms with van der Waals surface area (Å²) in [5.41, 5.74) is 5.24. The summed E-state index contributed by atoms with van der Waals surface area (Å²) in [5.74, 6) is -0.570. The molecule has 0 aromatic heterocycles. The average Bonchev–Trinajstić information content (AvgIpc) is 2.74. The first kappa shape index (κ1) is 22.1. The van der Waals surface area contributed by atoms with E-state index < -0.39 is 0 Å². The fraction of sp³-hybridized carbons (Fsp3) is 0.231. The number of para-hydroxylation sites is 2. The van der Waals surface area contributed by atoms with Crippen molar-refractivity contribution in [3.8, 4) is 0 Å². The van der Waals surface area contributed by atoms with Crippen LogP contribution in [0.3, 0.4) is 0 Å². The number of anilines is 3. The number of aryl methyl sites for hydroxylation is 1. The third-order valence-corrected chi connectivity index (χ3v) is 4.95. The Morgan fingerprint density at radius 3 is 2.03 bits per heavy atom. The first-order chi connectivity index (χ1) is 14.7. The Kier molecular flexibility index (Phi) is 6.75. The van der Waals surface area contributed by atoms with Crippen LogP contribution in [0.1, 0.15) is 42.3 Å². The van der Waals surface area contributed by atoms with E-state index in [0.717, 1.165) is 16.9 Å². The lowest BCUT2D eigenvalue weighted by molar-refractivity contribution is -0.115. The molecule has 3 aromatic rings. The van der Waals surface area contributed by atoms with E-state index in [0.29, 0.717) is 11.3 Å². The molecular formula is C26H29N3O2. The molecule has 0 atom stereocenters. The van der Waals surface area contributed by atoms with Crippen LogP contribution in [-0.2, 0) is 10.2 Å². The van der Waals surface area contributed by atoms with Gasteiger partial charge in [-0.2, -0.15) is 0 Å². The number of nitrogens with one attached hydrogen (secondary N) is 3. The fourth-order valence-electron chi connectivity index (χ4n) is 3.07. The summed E-state index contributed by atoms with van der Waals surface area (Å²) in [6.07, 6.45) is 0. The zero-order valence-electron chi connectivity index (χ0n) is 18.5. The summed E-state index contributed by atoms with van der Waals surface area (Å²) in [6.45, 7) is 8.29. The van der Waals surface area contributed by atoms with Crippen molar-refractivity contribution >= 4 is 28.9 Å². The zero-order valence-corrected chi connectivity index (χ0v) is 18.5. The quantitative estimate of drug-likeness (QED) is 0.504. The van der Waals surface area contributed by atoms with Gasteiger partial charge in [-0.3, -0.25) is 9.59 Å². The summed E-state index contributed by atoms with van der Waals surface area (Å²) in [5, 5.41) is 8.85. The summed E-state index contributed by atoms with van der Waals surface area (Å²) >= 11 is 0. The monoisotopic (exact) mass is 415 g/mol. The van der Waals surface area contributed by atoms with Crippen LogP contribution < -0.4 is 16.0 Å². The van der Waals surface area contributed by atoms with Gasteiger partial charge >= 0.3 is 0 Å². The van der Waals surface area contributed by atoms with E-state index >= 15 is 0 Å². The summed E-state index contributed by atoms with van der Waals surface area (Å²) in [4.78, 5) is 24.8. The lowest BCUT2D eigenvalue weighted by atomic mass is 9.87. The third kappa shape index (κ3) is 6.19. The van der Waals surface area contributed by atoms with Gasteiger partial charge in [0.15, 0.2) is 0 Å². The number of hydrogen-bond acceptors (Lipinski definition) is 3. The second-order valence-corrected chi connectivity index (χ2v) is 8.59. The SMILES string of the molecule is Cc1ccc(Nc2ccccc2NC(=O)CNC(=O)c2ccc(C(C)(C)C)cc2)cc1. The van der Waals surface area contributed by atoms with E-state index in [1.807, 2.05) is 67.6 Å². The molecule has 0 bridgehead atoms. The van der Waals surface area contributed by atoms with Crippen molar-refractivity contribution in [3.63, 3.8) is 0 Å². The Hall–Kier alpha value is -3.60. The lowest BCUT2D eigenvalue weighted by Crippen LogP contribution is -2.33. The van der Waals surface area contributed by atoms with Crippen molar-refractivity contribution in [2.75, 3.05) is 17.2 Å². The molecule has 31 heavy (non-hydrogen) atoms. The molecule has 3 rings (SSSR count). The maximum atomic E-state index is 12.4. The molecule has 2 amide bonds. The molecule has 0 saturated carbocycles. The molecule has 0 aliphatic rings. The van der Waals surface area contributed by atoms with Gasteiger partial charge < -0.3 is 16.0 Å². The molecule has 0 spiro atoms. The van der Waals surface area contributed by atoms with Crippen LogP contribution in [-0.4, -0.2) is 18.4 Å². The van der Waals surface area contributed by atoms with Crippen molar-refractivity contribution < 1.29 is 9.59 Å². The summed E-state index contributed by atoms with van der Waals surface area (Å²) < 4.78 is 0. The second-order valence-electron chi connectivity index (χ2n) is 8.59. The van der Waals surface area contributed by atoms with E-state index in [1.165, 1.54) is 5.56 Å². The molecular weight excluding hydrogens is 386 g/mol. The summed E-state index contributed by atoms with van der Waals surface area (Å²) in [7, 11) is 0. The van der Waals surface area contributed by atoms with E-state index in [2.05, 4.69) is 36.7 Å². The summed E-state index contributed by atoms with van der Waals surface area (Å²) in [6, 6.07) is 22.9. The predicted molar refractivity (Wildman–Crippen MR) is 127 cm³/mol. The zero-order chi connectivity index (χ0) is 22.4. The molecule has 0 aliphatic carbocycles. The topological polar surface area (TPSA) is 70.2 Å². The number of carbonyl (C=O) groups excluding carboxylic acids is 2. The molecule has 160 valence electrons. The minimum Gasteiger partial charge on any atom is -0.354 e. The number of amides is 2. The number of benzene rings is 3. The Balaban J connectivity index is 1.58. The Morgan fingerprint density at radius 2 is 1.42 bits per heavy atom. The van der Waals surface area contributed by atoms with E-state index in [9.17, 15) is 9.59 Å². The molecule has 5 heteroatoms. The van der Waals surface area contributed by atoms with Crippen molar-refractivity contribution in [1.82, 2.24) is 5.32 Å². The van der Waals surface area contributed by atoms with Gasteiger partial charge in [-0.25, -0.2) is 0 Å². The maximum Gasteiger partial charge on any atom is 0.251 e. The maximum absolute atomic E-state index is 12.4. The smallest absolute Gasteiger partial charge is 0.251 e. The van der Waals surface area contributed by atoms with Crippen LogP contribution in [0.4, 0.5) is 17.1 Å². The minimum atomic E-state index is -0.294. The van der Waals surface area contributed by atoms with Gasteiger partial charge in [-0.05, 0) is 54.3 Å². The van der Waals surface area contributed by atoms with E-state index in [4.69, 9.17) is 0 Å². The molecule has 0 fully saturated rings. The van der Waals surface area contributed by atoms with Crippen LogP contribution in [0.2, 0.25) is 0 Å². The fourth-order valence-corrected chi connectivity index (χ4v) is 3.07. The average molecular weight is 416 g/mol. The minimum absolute atomic E-state index is 0.0227. The molecule has 0 heterocycles. The molecule has 0 saturated heterocycles. The van der Waals surface area contributed by atoms with Crippen LogP contribution in [0.5, 0.6) is 0 Å². The normalized spacial score (nSPS) is 11.0. The van der Waals surface area contributed by atoms with Crippen LogP contribution in [0, 0.1) is 6.92 Å². The predicted octanol–water partition coefficient (Wildman–Crippen LogP) is 5.40. The van der Waals surface area contributed by atoms with Gasteiger partial charge in [0.25, 0.3) is 5.91 Å². The van der Waals surface area contributed by atoms with Crippen molar-refractivity contribution in [2.24, 2.45) is 0 Å². The van der Waals surface area contributed by atoms with Gasteiger partial charge in [-0.1, -0.05) is 62.7 Å². The Labute approximate surface area is 183 Å². The largest absolute Gasteiger partial charge is 0.354 e. The highest BCUT2D eigenvalue weighted by atomic mass is 16.2. The Morgan fingerprint density at radius 1 is 0.806 bits per heavy atom. The lowest BCUT2D eigenvalue weighted by Gasteiger charge is -2.19. The first-order valence-electron chi connectivity index (χ1n) is 10.3. The highest BCUT2D eigenvalue weighted by Gasteiger charge is 2.15. The second kappa shape index (κ2) is 9.47. The molecule has 0 aliphatic heterocycles. The van der Waals surface area contributed by atoms with Gasteiger partial charge in [-0.15, -0.1) is 0 Å². The van der Waals surface area contributed by atoms with Gasteiger partial charge in [0.1, 0.15) is 0 Å². The highest BCUT2D eigenvalue weighted by molar-refractivity contribution is 6.00. The van der Waals surface area contributed by atoms with Crippen molar-refractivity contribution in [3.05, 3.63) is 89.5 Å². The molecule has 3 aromatic carbocycles. The third-order valence-electron chi connectivity index (χ3n) is 4.95. The molecule has 0 unspecified atom stereocenters. The van der Waals surface area contributed by atoms with Crippen LogP contribution in [0.25, 0.3) is 0 Å². The number of rotatable bonds is 6. The molecule has 5 nitrogen and oxygen atoms in total. The van der Waals surface area contributed by atoms with Crippen molar-refractivity contribution in [1.29, 1.82) is 0 Å². The molecule has 0 radical (unpaired) electrons. The van der Waals surface area contributed by atoms with Gasteiger partial charge in [0.05, 0.1) is 17.9 Å². The van der Waals surface area contributed by atoms with E-state index in [-0.39, 0.29) is 23.8 Å². The van der Waals surface area contributed by atoms with Crippen LogP contribution >= 0.6 is 0 Å². The highest BCUT2D eigenvalue weighted by Crippen LogP contribution is 2.25. The van der Waals surface area contributed by atoms with Gasteiger partial charge in [0, 0.05) is 11.3 Å².